The second kappa shape index (κ2) is 5.25. The predicted molar refractivity (Wildman–Crippen MR) is 74.1 cm³/mol. The number of hydrogen-bond acceptors (Lipinski definition) is 8. The summed E-state index contributed by atoms with van der Waals surface area (Å²) in [6.45, 7) is 2.26. The Balaban J connectivity index is 2.12. The first-order valence-electron chi connectivity index (χ1n) is 7.25. The van der Waals surface area contributed by atoms with Gasteiger partial charge in [0.15, 0.2) is 11.9 Å². The zero-order valence-corrected chi connectivity index (χ0v) is 12.7. The van der Waals surface area contributed by atoms with Crippen molar-refractivity contribution < 1.29 is 34.1 Å². The van der Waals surface area contributed by atoms with Crippen LogP contribution in [0.25, 0.3) is 0 Å². The molecule has 1 aromatic rings. The Morgan fingerprint density at radius 2 is 2.09 bits per heavy atom. The molecule has 0 bridgehead atoms. The minimum absolute atomic E-state index is 0.137. The number of ether oxygens (including phenoxy) is 2. The molecule has 1 saturated carbocycles. The highest BCUT2D eigenvalue weighted by molar-refractivity contribution is 5.21. The molecule has 1 aromatic heterocycles. The molecule has 1 saturated heterocycles. The Morgan fingerprint density at radius 3 is 2.61 bits per heavy atom. The zero-order valence-electron chi connectivity index (χ0n) is 12.7. The fraction of sp³-hybridized carbons (Fsp3) is 0.714. The molecule has 2 aliphatic rings. The van der Waals surface area contributed by atoms with Crippen molar-refractivity contribution in [3.05, 3.63) is 34.3 Å². The number of fused-ring (bicyclic) bond motifs is 1. The molecule has 0 amide bonds. The van der Waals surface area contributed by atoms with E-state index in [1.54, 1.807) is 13.8 Å². The Hall–Kier alpha value is -1.52. The number of furan rings is 1. The van der Waals surface area contributed by atoms with E-state index in [0.29, 0.717) is 0 Å². The zero-order chi connectivity index (χ0) is 17.0. The van der Waals surface area contributed by atoms with Gasteiger partial charge in [-0.3, -0.25) is 10.1 Å². The number of hydrogen-bond donors (Lipinski definition) is 3. The van der Waals surface area contributed by atoms with E-state index >= 15 is 0 Å². The van der Waals surface area contributed by atoms with Gasteiger partial charge in [0, 0.05) is 4.92 Å². The van der Waals surface area contributed by atoms with Gasteiger partial charge in [-0.25, -0.2) is 0 Å². The lowest BCUT2D eigenvalue weighted by molar-refractivity contribution is -0.549. The molecule has 2 fully saturated rings. The minimum Gasteiger partial charge on any atom is -0.469 e. The summed E-state index contributed by atoms with van der Waals surface area (Å²) in [5.74, 6) is -2.24. The maximum Gasteiger partial charge on any atom is 0.254 e. The summed E-state index contributed by atoms with van der Waals surface area (Å²) >= 11 is 0. The molecule has 3 N–H and O–H groups in total. The van der Waals surface area contributed by atoms with E-state index in [1.807, 2.05) is 0 Å². The highest BCUT2D eigenvalue weighted by atomic mass is 16.8. The molecule has 0 spiro atoms. The average molecular weight is 329 g/mol. The molecule has 23 heavy (non-hydrogen) atoms. The van der Waals surface area contributed by atoms with Gasteiger partial charge in [-0.15, -0.1) is 0 Å². The highest BCUT2D eigenvalue weighted by Gasteiger charge is 2.69. The summed E-state index contributed by atoms with van der Waals surface area (Å²) in [6.07, 6.45) is -2.72. The Morgan fingerprint density at radius 1 is 1.39 bits per heavy atom. The van der Waals surface area contributed by atoms with Crippen LogP contribution in [0.2, 0.25) is 0 Å². The number of rotatable bonds is 3. The number of aliphatic hydroxyl groups is 3. The molecule has 128 valence electrons. The smallest absolute Gasteiger partial charge is 0.254 e. The molecule has 3 rings (SSSR count). The third kappa shape index (κ3) is 2.36. The maximum absolute atomic E-state index is 11.6. The van der Waals surface area contributed by atoms with Crippen molar-refractivity contribution in [2.24, 2.45) is 0 Å². The van der Waals surface area contributed by atoms with Crippen LogP contribution in [-0.2, 0) is 9.47 Å². The van der Waals surface area contributed by atoms with Crippen LogP contribution in [0, 0.1) is 10.1 Å². The standard InChI is InChI=1S/C14H19NO8/c1-13(2)22-10-9(15(19)20)8(7-4-3-5-21-7)11(17)14(18,6-16)12(10)23-13/h3-5,8-12,16-18H,6H2,1-2H3/t8-,9+,10+,11-,12+,14+/m0/s1. The molecular formula is C14H19NO8. The molecule has 9 heteroatoms. The van der Waals surface area contributed by atoms with Crippen LogP contribution in [0.5, 0.6) is 0 Å². The van der Waals surface area contributed by atoms with Crippen LogP contribution in [0.15, 0.2) is 22.8 Å². The van der Waals surface area contributed by atoms with E-state index in [0.717, 1.165) is 0 Å². The van der Waals surface area contributed by atoms with Crippen LogP contribution < -0.4 is 0 Å². The SMILES string of the molecule is CC1(C)O[C@@H]2[C@H]([N+](=O)[O-])[C@H](c3ccco3)[C@H](O)[C@](O)(CO)[C@@H]2O1. The molecule has 9 nitrogen and oxygen atoms in total. The van der Waals surface area contributed by atoms with E-state index in [-0.39, 0.29) is 5.76 Å². The summed E-state index contributed by atoms with van der Waals surface area (Å²) in [5, 5.41) is 42.6. The van der Waals surface area contributed by atoms with Crippen molar-refractivity contribution in [2.45, 2.75) is 55.5 Å². The quantitative estimate of drug-likeness (QED) is 0.505. The third-order valence-electron chi connectivity index (χ3n) is 4.55. The lowest BCUT2D eigenvalue weighted by atomic mass is 9.68. The fourth-order valence-electron chi connectivity index (χ4n) is 3.54. The van der Waals surface area contributed by atoms with E-state index in [1.165, 1.54) is 18.4 Å². The first-order valence-corrected chi connectivity index (χ1v) is 7.25. The molecule has 1 aliphatic carbocycles. The molecule has 1 aliphatic heterocycles. The normalized spacial score (nSPS) is 42.4. The number of aliphatic hydroxyl groups excluding tert-OH is 2. The van der Waals surface area contributed by atoms with Gasteiger partial charge in [0.2, 0.25) is 0 Å². The summed E-state index contributed by atoms with van der Waals surface area (Å²) < 4.78 is 16.4. The van der Waals surface area contributed by atoms with Crippen LogP contribution in [-0.4, -0.2) is 62.6 Å². The van der Waals surface area contributed by atoms with Gasteiger partial charge in [-0.05, 0) is 26.0 Å². The van der Waals surface area contributed by atoms with Crippen LogP contribution in [0.4, 0.5) is 0 Å². The van der Waals surface area contributed by atoms with Crippen molar-refractivity contribution in [3.63, 3.8) is 0 Å². The van der Waals surface area contributed by atoms with Crippen LogP contribution in [0.1, 0.15) is 25.5 Å². The van der Waals surface area contributed by atoms with Crippen molar-refractivity contribution >= 4 is 0 Å². The predicted octanol–water partition coefficient (Wildman–Crippen LogP) is -0.374. The van der Waals surface area contributed by atoms with Crippen molar-refractivity contribution in [2.75, 3.05) is 6.61 Å². The summed E-state index contributed by atoms with van der Waals surface area (Å²) in [5.41, 5.74) is -2.11. The van der Waals surface area contributed by atoms with Crippen molar-refractivity contribution in [3.8, 4) is 0 Å². The molecule has 0 aromatic carbocycles. The van der Waals surface area contributed by atoms with E-state index < -0.39 is 53.2 Å². The first-order chi connectivity index (χ1) is 10.7. The molecule has 0 radical (unpaired) electrons. The Labute approximate surface area is 131 Å². The van der Waals surface area contributed by atoms with Gasteiger partial charge in [-0.2, -0.15) is 0 Å². The van der Waals surface area contributed by atoms with Crippen LogP contribution >= 0.6 is 0 Å². The second-order valence-electron chi connectivity index (χ2n) is 6.43. The van der Waals surface area contributed by atoms with E-state index in [2.05, 4.69) is 0 Å². The van der Waals surface area contributed by atoms with Gasteiger partial charge in [-0.1, -0.05) is 0 Å². The van der Waals surface area contributed by atoms with Gasteiger partial charge in [0.05, 0.1) is 12.9 Å². The third-order valence-corrected chi connectivity index (χ3v) is 4.55. The molecule has 0 unspecified atom stereocenters. The van der Waals surface area contributed by atoms with Crippen molar-refractivity contribution in [1.29, 1.82) is 0 Å². The Bertz CT molecular complexity index is 588. The topological polar surface area (TPSA) is 135 Å². The van der Waals surface area contributed by atoms with Gasteiger partial charge in [0.25, 0.3) is 6.04 Å². The minimum atomic E-state index is -2.11. The summed E-state index contributed by atoms with van der Waals surface area (Å²) in [4.78, 5) is 11.1. The van der Waals surface area contributed by atoms with E-state index in [4.69, 9.17) is 13.9 Å². The Kier molecular flexibility index (Phi) is 3.73. The second-order valence-corrected chi connectivity index (χ2v) is 6.43. The molecular weight excluding hydrogens is 310 g/mol. The lowest BCUT2D eigenvalue weighted by Gasteiger charge is -2.45. The van der Waals surface area contributed by atoms with E-state index in [9.17, 15) is 25.4 Å². The number of nitrogens with zero attached hydrogens (tertiary/aromatic N) is 1. The average Bonchev–Trinajstić information content (AvgIpc) is 3.09. The fourth-order valence-corrected chi connectivity index (χ4v) is 3.54. The largest absolute Gasteiger partial charge is 0.469 e. The number of nitro groups is 1. The van der Waals surface area contributed by atoms with Crippen LogP contribution in [0.3, 0.4) is 0 Å². The van der Waals surface area contributed by atoms with Gasteiger partial charge in [0.1, 0.15) is 29.5 Å². The highest BCUT2D eigenvalue weighted by Crippen LogP contribution is 2.48. The van der Waals surface area contributed by atoms with Gasteiger partial charge < -0.3 is 29.2 Å². The summed E-state index contributed by atoms with van der Waals surface area (Å²) in [6, 6.07) is 1.61. The maximum atomic E-state index is 11.6. The van der Waals surface area contributed by atoms with Gasteiger partial charge >= 0.3 is 0 Å². The molecule has 6 atom stereocenters. The van der Waals surface area contributed by atoms with Crippen molar-refractivity contribution in [1.82, 2.24) is 0 Å². The molecule has 2 heterocycles. The monoisotopic (exact) mass is 329 g/mol. The lowest BCUT2D eigenvalue weighted by Crippen LogP contribution is -2.69. The summed E-state index contributed by atoms with van der Waals surface area (Å²) in [7, 11) is 0. The first kappa shape index (κ1) is 16.3.